The Morgan fingerprint density at radius 2 is 2.50 bits per heavy atom. The van der Waals surface area contributed by atoms with Crippen molar-refractivity contribution in [3.63, 3.8) is 0 Å². The van der Waals surface area contributed by atoms with Crippen molar-refractivity contribution in [2.24, 2.45) is 0 Å². The highest BCUT2D eigenvalue weighted by molar-refractivity contribution is 5.63. The third kappa shape index (κ3) is 0.540. The minimum absolute atomic E-state index is 0.461. The fraction of sp³-hybridized carbons (Fsp3) is 0. The lowest BCUT2D eigenvalue weighted by atomic mass is 10.6. The molecule has 0 saturated carbocycles. The van der Waals surface area contributed by atoms with Crippen molar-refractivity contribution in [2.75, 3.05) is 0 Å². The first kappa shape index (κ1) is 5.16. The molecule has 0 spiro atoms. The molecule has 0 aromatic carbocycles. The van der Waals surface area contributed by atoms with Crippen molar-refractivity contribution >= 4 is 11.2 Å². The third-order valence-corrected chi connectivity index (χ3v) is 1.25. The Labute approximate surface area is 55.9 Å². The van der Waals surface area contributed by atoms with Crippen LogP contribution < -0.4 is 4.73 Å². The number of nitrogens with one attached hydrogen (secondary N) is 1. The van der Waals surface area contributed by atoms with Crippen LogP contribution in [-0.2, 0) is 0 Å². The summed E-state index contributed by atoms with van der Waals surface area (Å²) in [6.45, 7) is 0. The molecule has 2 aromatic heterocycles. The molecule has 0 unspecified atom stereocenters. The number of imidazole rings is 1. The van der Waals surface area contributed by atoms with Crippen LogP contribution in [0.4, 0.5) is 0 Å². The fourth-order valence-corrected chi connectivity index (χ4v) is 0.784. The molecule has 0 aliphatic rings. The van der Waals surface area contributed by atoms with Crippen molar-refractivity contribution in [2.45, 2.75) is 0 Å². The van der Waals surface area contributed by atoms with E-state index in [1.165, 1.54) is 18.9 Å². The van der Waals surface area contributed by atoms with Crippen LogP contribution in [0.2, 0.25) is 0 Å². The van der Waals surface area contributed by atoms with Crippen molar-refractivity contribution in [1.82, 2.24) is 15.0 Å². The van der Waals surface area contributed by atoms with Gasteiger partial charge >= 0.3 is 0 Å². The smallest absolute Gasteiger partial charge is 0.269 e. The van der Waals surface area contributed by atoms with Gasteiger partial charge in [0.25, 0.3) is 5.65 Å². The molecule has 0 radical (unpaired) electrons. The number of fused-ring (bicyclic) bond motifs is 1. The van der Waals surface area contributed by atoms with E-state index in [2.05, 4.69) is 15.0 Å². The highest BCUT2D eigenvalue weighted by atomic mass is 16.5. The minimum Gasteiger partial charge on any atom is -0.710 e. The summed E-state index contributed by atoms with van der Waals surface area (Å²) in [5.74, 6) is 0. The van der Waals surface area contributed by atoms with Gasteiger partial charge in [0.2, 0.25) is 11.8 Å². The monoisotopic (exact) mass is 136 g/mol. The van der Waals surface area contributed by atoms with E-state index < -0.39 is 0 Å². The van der Waals surface area contributed by atoms with Gasteiger partial charge in [-0.25, -0.2) is 14.7 Å². The number of aromatic nitrogens is 4. The van der Waals surface area contributed by atoms with E-state index in [0.29, 0.717) is 15.9 Å². The molecule has 0 amide bonds. The highest BCUT2D eigenvalue weighted by Crippen LogP contribution is 1.97. The van der Waals surface area contributed by atoms with E-state index >= 15 is 0 Å². The number of H-pyrrole nitrogens is 1. The topological polar surface area (TPSA) is 68.5 Å². The van der Waals surface area contributed by atoms with Gasteiger partial charge in [0.05, 0.1) is 6.20 Å². The second-order valence-corrected chi connectivity index (χ2v) is 1.86. The first-order chi connectivity index (χ1) is 4.88. The Bertz CT molecular complexity index is 355. The van der Waals surface area contributed by atoms with Crippen LogP contribution in [0.25, 0.3) is 11.2 Å². The maximum atomic E-state index is 10.8. The Kier molecular flexibility index (Phi) is 0.858. The van der Waals surface area contributed by atoms with Crippen LogP contribution in [0.3, 0.4) is 0 Å². The SMILES string of the molecule is [O-][n+]1c[nH]c2ncncc21. The second-order valence-electron chi connectivity index (χ2n) is 1.86. The van der Waals surface area contributed by atoms with Gasteiger partial charge in [-0.1, -0.05) is 0 Å². The molecule has 2 heterocycles. The Balaban J connectivity index is 2.93. The van der Waals surface area contributed by atoms with Crippen molar-refractivity contribution in [1.29, 1.82) is 0 Å². The average Bonchev–Trinajstić information content (AvgIpc) is 2.34. The molecule has 0 aliphatic heterocycles. The van der Waals surface area contributed by atoms with Crippen LogP contribution in [0, 0.1) is 5.21 Å². The summed E-state index contributed by atoms with van der Waals surface area (Å²) < 4.78 is 0.690. The maximum Gasteiger partial charge on any atom is 0.269 e. The summed E-state index contributed by atoms with van der Waals surface area (Å²) >= 11 is 0. The van der Waals surface area contributed by atoms with Gasteiger partial charge in [-0.05, 0) is 0 Å². The van der Waals surface area contributed by atoms with E-state index in [1.54, 1.807) is 0 Å². The summed E-state index contributed by atoms with van der Waals surface area (Å²) in [5, 5.41) is 10.8. The maximum absolute atomic E-state index is 10.8. The second kappa shape index (κ2) is 1.66. The van der Waals surface area contributed by atoms with E-state index in [1.807, 2.05) is 0 Å². The van der Waals surface area contributed by atoms with Gasteiger partial charge in [-0.2, -0.15) is 4.98 Å². The predicted octanol–water partition coefficient (Wildman–Crippen LogP) is -0.409. The van der Waals surface area contributed by atoms with E-state index in [4.69, 9.17) is 0 Å². The first-order valence-corrected chi connectivity index (χ1v) is 2.74. The Morgan fingerprint density at radius 3 is 3.30 bits per heavy atom. The lowest BCUT2D eigenvalue weighted by Gasteiger charge is -1.92. The largest absolute Gasteiger partial charge is 0.710 e. The van der Waals surface area contributed by atoms with Crippen LogP contribution in [0.15, 0.2) is 18.9 Å². The molecule has 0 bridgehead atoms. The molecule has 2 aromatic rings. The normalized spacial score (nSPS) is 10.4. The zero-order valence-electron chi connectivity index (χ0n) is 4.98. The molecule has 0 atom stereocenters. The van der Waals surface area contributed by atoms with Gasteiger partial charge in [0.1, 0.15) is 6.33 Å². The van der Waals surface area contributed by atoms with Gasteiger partial charge < -0.3 is 5.21 Å². The van der Waals surface area contributed by atoms with Gasteiger partial charge in [-0.3, -0.25) is 0 Å². The summed E-state index contributed by atoms with van der Waals surface area (Å²) in [6, 6.07) is 0. The molecule has 0 saturated heterocycles. The number of hydrogen-bond donors (Lipinski definition) is 1. The predicted molar refractivity (Wildman–Crippen MR) is 32.8 cm³/mol. The van der Waals surface area contributed by atoms with Gasteiger partial charge in [0, 0.05) is 0 Å². The van der Waals surface area contributed by atoms with Crippen molar-refractivity contribution in [3.8, 4) is 0 Å². The van der Waals surface area contributed by atoms with E-state index in [9.17, 15) is 5.21 Å². The Hall–Kier alpha value is -1.65. The molecule has 10 heavy (non-hydrogen) atoms. The summed E-state index contributed by atoms with van der Waals surface area (Å²) in [7, 11) is 0. The highest BCUT2D eigenvalue weighted by Gasteiger charge is 2.02. The molecule has 50 valence electrons. The molecule has 2 rings (SSSR count). The quantitative estimate of drug-likeness (QED) is 0.395. The Morgan fingerprint density at radius 1 is 1.60 bits per heavy atom. The molecular weight excluding hydrogens is 132 g/mol. The van der Waals surface area contributed by atoms with Crippen molar-refractivity contribution in [3.05, 3.63) is 24.1 Å². The van der Waals surface area contributed by atoms with Gasteiger partial charge in [0.15, 0.2) is 0 Å². The van der Waals surface area contributed by atoms with E-state index in [0.717, 1.165) is 0 Å². The lowest BCUT2D eigenvalue weighted by Crippen LogP contribution is -2.22. The number of nitrogens with zero attached hydrogens (tertiary/aromatic N) is 3. The average molecular weight is 136 g/mol. The molecule has 5 nitrogen and oxygen atoms in total. The third-order valence-electron chi connectivity index (χ3n) is 1.25. The zero-order chi connectivity index (χ0) is 6.97. The van der Waals surface area contributed by atoms with Crippen LogP contribution in [0.5, 0.6) is 0 Å². The number of rotatable bonds is 0. The first-order valence-electron chi connectivity index (χ1n) is 2.74. The standard InChI is InChI=1S/C5H4N4O/c10-9-3-8-5-4(9)1-6-2-7-5/h1-3H,(H,6,7,8). The van der Waals surface area contributed by atoms with Gasteiger partial charge in [-0.15, -0.1) is 0 Å². The zero-order valence-corrected chi connectivity index (χ0v) is 4.98. The molecule has 0 aliphatic carbocycles. The van der Waals surface area contributed by atoms with Crippen LogP contribution >= 0.6 is 0 Å². The molecule has 5 heteroatoms. The lowest BCUT2D eigenvalue weighted by molar-refractivity contribution is -0.576. The fourth-order valence-electron chi connectivity index (χ4n) is 0.784. The van der Waals surface area contributed by atoms with Crippen LogP contribution in [0.1, 0.15) is 0 Å². The molecular formula is C5H4N4O. The summed E-state index contributed by atoms with van der Waals surface area (Å²) in [6.07, 6.45) is 4.14. The summed E-state index contributed by atoms with van der Waals surface area (Å²) in [5.41, 5.74) is 1.02. The molecule has 1 N–H and O–H groups in total. The van der Waals surface area contributed by atoms with Crippen molar-refractivity contribution < 1.29 is 4.73 Å². The minimum atomic E-state index is 0.461. The number of aromatic amines is 1. The van der Waals surface area contributed by atoms with E-state index in [-0.39, 0.29) is 0 Å². The number of hydrogen-bond acceptors (Lipinski definition) is 3. The summed E-state index contributed by atoms with van der Waals surface area (Å²) in [4.78, 5) is 10.2. The molecule has 0 fully saturated rings. The van der Waals surface area contributed by atoms with Crippen LogP contribution in [-0.4, -0.2) is 15.0 Å².